The van der Waals surface area contributed by atoms with Crippen molar-refractivity contribution in [2.45, 2.75) is 57.8 Å². The van der Waals surface area contributed by atoms with Crippen LogP contribution in [0.1, 0.15) is 62.8 Å². The molecule has 0 N–H and O–H groups in total. The Morgan fingerprint density at radius 1 is 0.704 bits per heavy atom. The number of fused-ring (bicyclic) bond motifs is 5. The molecule has 1 nitrogen and oxygen atoms in total. The third kappa shape index (κ3) is 2.41. The second-order valence-corrected chi connectivity index (χ2v) is 9.51. The van der Waals surface area contributed by atoms with Gasteiger partial charge in [-0.3, -0.25) is 4.98 Å². The van der Waals surface area contributed by atoms with Crippen molar-refractivity contribution < 1.29 is 0 Å². The third-order valence-electron chi connectivity index (χ3n) is 6.85. The van der Waals surface area contributed by atoms with Crippen molar-refractivity contribution in [2.24, 2.45) is 0 Å². The highest BCUT2D eigenvalue weighted by molar-refractivity contribution is 5.85. The number of hydrogen-bond donors (Lipinski definition) is 0. The molecule has 0 saturated carbocycles. The Balaban J connectivity index is 1.74. The summed E-state index contributed by atoms with van der Waals surface area (Å²) in [6, 6.07) is 17.7. The van der Waals surface area contributed by atoms with E-state index in [4.69, 9.17) is 0 Å². The van der Waals surface area contributed by atoms with Crippen LogP contribution in [-0.2, 0) is 17.3 Å². The van der Waals surface area contributed by atoms with E-state index in [1.54, 1.807) is 16.7 Å². The van der Waals surface area contributed by atoms with Gasteiger partial charge in [-0.1, -0.05) is 64.1 Å². The van der Waals surface area contributed by atoms with E-state index in [2.05, 4.69) is 75.1 Å². The van der Waals surface area contributed by atoms with E-state index in [-0.39, 0.29) is 10.8 Å². The molecular formula is C26H27N. The number of pyridine rings is 1. The second kappa shape index (κ2) is 5.55. The summed E-state index contributed by atoms with van der Waals surface area (Å²) in [5.41, 5.74) is 11.9. The number of rotatable bonds is 1. The van der Waals surface area contributed by atoms with Gasteiger partial charge in [0.1, 0.15) is 0 Å². The molecule has 0 atom stereocenters. The summed E-state index contributed by atoms with van der Waals surface area (Å²) < 4.78 is 0. The Labute approximate surface area is 162 Å². The molecule has 2 aliphatic carbocycles. The highest BCUT2D eigenvalue weighted by atomic mass is 14.7. The van der Waals surface area contributed by atoms with Crippen molar-refractivity contribution in [1.29, 1.82) is 0 Å². The van der Waals surface area contributed by atoms with E-state index in [0.29, 0.717) is 0 Å². The molecule has 1 heterocycles. The number of aromatic nitrogens is 1. The number of hydrogen-bond acceptors (Lipinski definition) is 1. The summed E-state index contributed by atoms with van der Waals surface area (Å²) in [7, 11) is 0. The Hall–Kier alpha value is -2.41. The van der Waals surface area contributed by atoms with Crippen LogP contribution in [0.2, 0.25) is 0 Å². The molecule has 2 aromatic carbocycles. The molecule has 1 aromatic heterocycles. The van der Waals surface area contributed by atoms with Crippen LogP contribution in [0.15, 0.2) is 54.7 Å². The van der Waals surface area contributed by atoms with Crippen molar-refractivity contribution in [2.75, 3.05) is 0 Å². The van der Waals surface area contributed by atoms with Crippen LogP contribution in [0.4, 0.5) is 0 Å². The largest absolute Gasteiger partial charge is 0.256 e. The fourth-order valence-corrected chi connectivity index (χ4v) is 5.27. The normalized spacial score (nSPS) is 18.5. The lowest BCUT2D eigenvalue weighted by Crippen LogP contribution is -2.34. The third-order valence-corrected chi connectivity index (χ3v) is 6.85. The Morgan fingerprint density at radius 3 is 2.22 bits per heavy atom. The second-order valence-electron chi connectivity index (χ2n) is 9.51. The lowest BCUT2D eigenvalue weighted by Gasteiger charge is -2.43. The SMILES string of the molecule is CC1(C)CCC(C)(C)c2c1ccc1c2Cc2c(-c3ccccn3)cccc2-1. The maximum Gasteiger partial charge on any atom is 0.0705 e. The predicted octanol–water partition coefficient (Wildman–Crippen LogP) is 6.67. The molecule has 2 aliphatic rings. The zero-order valence-corrected chi connectivity index (χ0v) is 16.8. The first kappa shape index (κ1) is 16.7. The maximum absolute atomic E-state index is 4.63. The molecule has 0 aliphatic heterocycles. The first-order valence-corrected chi connectivity index (χ1v) is 10.1. The van der Waals surface area contributed by atoms with E-state index >= 15 is 0 Å². The van der Waals surface area contributed by atoms with Crippen LogP contribution in [0.5, 0.6) is 0 Å². The molecular weight excluding hydrogens is 326 g/mol. The topological polar surface area (TPSA) is 12.9 Å². The highest BCUT2D eigenvalue weighted by Gasteiger charge is 2.40. The molecule has 0 bridgehead atoms. The highest BCUT2D eigenvalue weighted by Crippen LogP contribution is 2.52. The minimum atomic E-state index is 0.239. The Morgan fingerprint density at radius 2 is 1.44 bits per heavy atom. The molecule has 0 spiro atoms. The smallest absolute Gasteiger partial charge is 0.0705 e. The maximum atomic E-state index is 4.63. The van der Waals surface area contributed by atoms with Crippen LogP contribution in [0.3, 0.4) is 0 Å². The zero-order valence-electron chi connectivity index (χ0n) is 16.8. The first-order chi connectivity index (χ1) is 12.9. The molecule has 0 amide bonds. The lowest BCUT2D eigenvalue weighted by molar-refractivity contribution is 0.330. The van der Waals surface area contributed by atoms with E-state index in [9.17, 15) is 0 Å². The van der Waals surface area contributed by atoms with Gasteiger partial charge in [-0.2, -0.15) is 0 Å². The van der Waals surface area contributed by atoms with Gasteiger partial charge in [-0.15, -0.1) is 0 Å². The minimum absolute atomic E-state index is 0.239. The minimum Gasteiger partial charge on any atom is -0.256 e. The molecule has 5 rings (SSSR count). The van der Waals surface area contributed by atoms with E-state index in [1.165, 1.54) is 35.1 Å². The van der Waals surface area contributed by atoms with Gasteiger partial charge in [0.25, 0.3) is 0 Å². The summed E-state index contributed by atoms with van der Waals surface area (Å²) in [6.45, 7) is 9.69. The van der Waals surface area contributed by atoms with E-state index in [0.717, 1.165) is 12.1 Å². The summed E-state index contributed by atoms with van der Waals surface area (Å²) in [6.07, 6.45) is 5.44. The van der Waals surface area contributed by atoms with Crippen molar-refractivity contribution >= 4 is 0 Å². The monoisotopic (exact) mass is 353 g/mol. The zero-order chi connectivity index (χ0) is 18.8. The van der Waals surface area contributed by atoms with Gasteiger partial charge < -0.3 is 0 Å². The standard InChI is InChI=1S/C26H27N/c1-25(2)13-14-26(3,4)24-21-16-20-17(18(21)11-12-22(24)25)8-7-9-19(20)23-10-5-6-15-27-23/h5-12,15H,13-14,16H2,1-4H3. The summed E-state index contributed by atoms with van der Waals surface area (Å²) in [4.78, 5) is 4.63. The van der Waals surface area contributed by atoms with Gasteiger partial charge in [0.05, 0.1) is 5.69 Å². The van der Waals surface area contributed by atoms with Gasteiger partial charge in [-0.05, 0) is 75.6 Å². The van der Waals surface area contributed by atoms with Crippen molar-refractivity contribution in [3.63, 3.8) is 0 Å². The van der Waals surface area contributed by atoms with Gasteiger partial charge in [0, 0.05) is 11.8 Å². The molecule has 136 valence electrons. The van der Waals surface area contributed by atoms with Gasteiger partial charge in [-0.25, -0.2) is 0 Å². The van der Waals surface area contributed by atoms with E-state index < -0.39 is 0 Å². The van der Waals surface area contributed by atoms with Crippen LogP contribution < -0.4 is 0 Å². The first-order valence-electron chi connectivity index (χ1n) is 10.1. The van der Waals surface area contributed by atoms with Crippen LogP contribution in [-0.4, -0.2) is 4.98 Å². The average molecular weight is 354 g/mol. The molecule has 0 radical (unpaired) electrons. The molecule has 27 heavy (non-hydrogen) atoms. The van der Waals surface area contributed by atoms with Crippen LogP contribution in [0, 0.1) is 0 Å². The van der Waals surface area contributed by atoms with Gasteiger partial charge in [0.15, 0.2) is 0 Å². The number of nitrogens with zero attached hydrogens (tertiary/aromatic N) is 1. The molecule has 1 heteroatoms. The van der Waals surface area contributed by atoms with Gasteiger partial charge >= 0.3 is 0 Å². The number of benzene rings is 2. The summed E-state index contributed by atoms with van der Waals surface area (Å²) >= 11 is 0. The van der Waals surface area contributed by atoms with Crippen molar-refractivity contribution in [3.8, 4) is 22.4 Å². The molecule has 3 aromatic rings. The fraction of sp³-hybridized carbons (Fsp3) is 0.346. The van der Waals surface area contributed by atoms with Crippen LogP contribution >= 0.6 is 0 Å². The quantitative estimate of drug-likeness (QED) is 0.372. The average Bonchev–Trinajstić information content (AvgIpc) is 3.04. The Bertz CT molecular complexity index is 1040. The molecule has 0 saturated heterocycles. The fourth-order valence-electron chi connectivity index (χ4n) is 5.27. The summed E-state index contributed by atoms with van der Waals surface area (Å²) in [5.74, 6) is 0. The predicted molar refractivity (Wildman–Crippen MR) is 113 cm³/mol. The Kier molecular flexibility index (Phi) is 3.44. The van der Waals surface area contributed by atoms with Crippen molar-refractivity contribution in [3.05, 3.63) is 77.0 Å². The van der Waals surface area contributed by atoms with Crippen molar-refractivity contribution in [1.82, 2.24) is 4.98 Å². The van der Waals surface area contributed by atoms with Crippen LogP contribution in [0.25, 0.3) is 22.4 Å². The van der Waals surface area contributed by atoms with E-state index in [1.807, 2.05) is 12.3 Å². The molecule has 0 fully saturated rings. The lowest BCUT2D eigenvalue weighted by atomic mass is 9.61. The molecule has 0 unspecified atom stereocenters. The van der Waals surface area contributed by atoms with Gasteiger partial charge in [0.2, 0.25) is 0 Å². The summed E-state index contributed by atoms with van der Waals surface area (Å²) in [5, 5.41) is 0.